The summed E-state index contributed by atoms with van der Waals surface area (Å²) in [6.45, 7) is 4.08. The van der Waals surface area contributed by atoms with Crippen LogP contribution in [0.25, 0.3) is 11.3 Å². The van der Waals surface area contributed by atoms with Crippen LogP contribution in [0.4, 0.5) is 10.1 Å². The first-order valence-electron chi connectivity index (χ1n) is 10.8. The van der Waals surface area contributed by atoms with Gasteiger partial charge in [0.2, 0.25) is 5.91 Å². The minimum Gasteiger partial charge on any atom is -0.324 e. The smallest absolute Gasteiger partial charge is 0.237 e. The number of amides is 1. The monoisotopic (exact) mass is 465 g/mol. The van der Waals surface area contributed by atoms with E-state index in [-0.39, 0.29) is 28.2 Å². The summed E-state index contributed by atoms with van der Waals surface area (Å²) in [4.78, 5) is 13.9. The molecule has 3 aromatic rings. The van der Waals surface area contributed by atoms with Gasteiger partial charge in [0.05, 0.1) is 27.4 Å². The zero-order valence-electron chi connectivity index (χ0n) is 18.6. The van der Waals surface area contributed by atoms with Crippen LogP contribution >= 0.6 is 0 Å². The molecule has 2 bridgehead atoms. The van der Waals surface area contributed by atoms with Crippen molar-refractivity contribution in [2.24, 2.45) is 5.41 Å². The zero-order chi connectivity index (χ0) is 23.6. The van der Waals surface area contributed by atoms with Crippen molar-refractivity contribution in [1.82, 2.24) is 10.2 Å². The van der Waals surface area contributed by atoms with Gasteiger partial charge in [-0.25, -0.2) is 12.8 Å². The van der Waals surface area contributed by atoms with Gasteiger partial charge in [-0.3, -0.25) is 4.79 Å². The second-order valence-electron chi connectivity index (χ2n) is 9.45. The minimum atomic E-state index is -3.53. The van der Waals surface area contributed by atoms with Crippen LogP contribution in [0.15, 0.2) is 59.5 Å². The number of nitrogens with one attached hydrogen (secondary N) is 1. The standard InChI is InChI=1S/C25H24FN3O3S/c1-24(2)17-12-13-25(24,23(30)27-19-10-6-7-11-21(19)33(3,31)32)22-16(17)14-20(28-29-22)15-8-4-5-9-18(15)26/h4-11,14,17H,12-13H2,1-3H3,(H,27,30)/t17-,25+/m1/s1. The summed E-state index contributed by atoms with van der Waals surface area (Å²) in [6, 6.07) is 14.7. The van der Waals surface area contributed by atoms with Crippen molar-refractivity contribution in [2.45, 2.75) is 42.9 Å². The maximum absolute atomic E-state index is 14.4. The summed E-state index contributed by atoms with van der Waals surface area (Å²) in [6.07, 6.45) is 2.48. The molecule has 6 nitrogen and oxygen atoms in total. The Morgan fingerprint density at radius 2 is 1.79 bits per heavy atom. The highest BCUT2D eigenvalue weighted by Crippen LogP contribution is 2.67. The summed E-state index contributed by atoms with van der Waals surface area (Å²) in [5.41, 5.74) is 1.13. The number of carbonyl (C=O) groups excluding carboxylic acids is 1. The molecule has 170 valence electrons. The van der Waals surface area contributed by atoms with E-state index in [2.05, 4.69) is 15.5 Å². The van der Waals surface area contributed by atoms with Gasteiger partial charge in [0, 0.05) is 11.8 Å². The van der Waals surface area contributed by atoms with Crippen molar-refractivity contribution in [3.8, 4) is 11.3 Å². The van der Waals surface area contributed by atoms with Crippen LogP contribution in [0.5, 0.6) is 0 Å². The molecule has 0 aliphatic heterocycles. The Hall–Kier alpha value is -3.13. The molecule has 2 atom stereocenters. The number of fused-ring (bicyclic) bond motifs is 5. The quantitative estimate of drug-likeness (QED) is 0.614. The van der Waals surface area contributed by atoms with E-state index in [1.165, 1.54) is 12.1 Å². The highest BCUT2D eigenvalue weighted by molar-refractivity contribution is 7.90. The van der Waals surface area contributed by atoms with Gasteiger partial charge in [0.15, 0.2) is 9.84 Å². The average Bonchev–Trinajstić information content (AvgIpc) is 3.15. The Balaban J connectivity index is 1.60. The second-order valence-corrected chi connectivity index (χ2v) is 11.4. The molecule has 8 heteroatoms. The lowest BCUT2D eigenvalue weighted by molar-refractivity contribution is -0.124. The van der Waals surface area contributed by atoms with E-state index in [9.17, 15) is 17.6 Å². The molecule has 1 amide bonds. The molecule has 1 saturated carbocycles. The van der Waals surface area contributed by atoms with Crippen LogP contribution in [0.1, 0.15) is 43.9 Å². The number of anilines is 1. The number of rotatable bonds is 4. The zero-order valence-corrected chi connectivity index (χ0v) is 19.4. The minimum absolute atomic E-state index is 0.0597. The number of para-hydroxylation sites is 1. The third-order valence-corrected chi connectivity index (χ3v) is 8.61. The lowest BCUT2D eigenvalue weighted by Crippen LogP contribution is -2.47. The Labute approximate surface area is 192 Å². The van der Waals surface area contributed by atoms with Crippen molar-refractivity contribution in [1.29, 1.82) is 0 Å². The summed E-state index contributed by atoms with van der Waals surface area (Å²) >= 11 is 0. The third kappa shape index (κ3) is 3.04. The van der Waals surface area contributed by atoms with Crippen molar-refractivity contribution < 1.29 is 17.6 Å². The predicted molar refractivity (Wildman–Crippen MR) is 123 cm³/mol. The van der Waals surface area contributed by atoms with Gasteiger partial charge in [-0.1, -0.05) is 38.1 Å². The highest BCUT2D eigenvalue weighted by atomic mass is 32.2. The highest BCUT2D eigenvalue weighted by Gasteiger charge is 2.67. The number of halogens is 1. The second kappa shape index (κ2) is 7.18. The van der Waals surface area contributed by atoms with Gasteiger partial charge in [-0.15, -0.1) is 0 Å². The fraction of sp³-hybridized carbons (Fsp3) is 0.320. The van der Waals surface area contributed by atoms with Gasteiger partial charge in [-0.2, -0.15) is 10.2 Å². The number of carbonyl (C=O) groups is 1. The molecular weight excluding hydrogens is 441 g/mol. The maximum Gasteiger partial charge on any atom is 0.237 e. The SMILES string of the molecule is CC1(C)[C@@H]2CC[C@@]1(C(=O)Nc1ccccc1S(C)(=O)=O)c1nnc(-c3ccccc3F)cc12. The van der Waals surface area contributed by atoms with E-state index in [0.717, 1.165) is 18.2 Å². The predicted octanol–water partition coefficient (Wildman–Crippen LogP) is 4.48. The molecule has 1 aromatic heterocycles. The van der Waals surface area contributed by atoms with Crippen LogP contribution in [-0.4, -0.2) is 30.8 Å². The Morgan fingerprint density at radius 1 is 1.09 bits per heavy atom. The van der Waals surface area contributed by atoms with Crippen molar-refractivity contribution >= 4 is 21.4 Å². The first kappa shape index (κ1) is 21.7. The fourth-order valence-electron chi connectivity index (χ4n) is 5.75. The molecule has 0 spiro atoms. The van der Waals surface area contributed by atoms with Crippen molar-refractivity contribution in [3.05, 3.63) is 71.7 Å². The molecule has 1 N–H and O–H groups in total. The first-order chi connectivity index (χ1) is 15.6. The molecule has 5 rings (SSSR count). The lowest BCUT2D eigenvalue weighted by Gasteiger charge is -2.36. The van der Waals surface area contributed by atoms with E-state index in [1.54, 1.807) is 36.4 Å². The Kier molecular flexibility index (Phi) is 4.72. The van der Waals surface area contributed by atoms with E-state index in [0.29, 0.717) is 23.4 Å². The van der Waals surface area contributed by atoms with Crippen molar-refractivity contribution in [3.63, 3.8) is 0 Å². The number of benzene rings is 2. The van der Waals surface area contributed by atoms with Crippen LogP contribution < -0.4 is 5.32 Å². The average molecular weight is 466 g/mol. The Bertz CT molecular complexity index is 1400. The summed E-state index contributed by atoms with van der Waals surface area (Å²) < 4.78 is 38.8. The lowest BCUT2D eigenvalue weighted by atomic mass is 9.67. The molecule has 0 radical (unpaired) electrons. The summed E-state index contributed by atoms with van der Waals surface area (Å²) in [7, 11) is -3.53. The van der Waals surface area contributed by atoms with Crippen LogP contribution in [0, 0.1) is 11.2 Å². The third-order valence-electron chi connectivity index (χ3n) is 7.45. The molecule has 1 fully saturated rings. The van der Waals surface area contributed by atoms with Crippen LogP contribution in [-0.2, 0) is 20.0 Å². The molecule has 2 aromatic carbocycles. The van der Waals surface area contributed by atoms with Gasteiger partial charge in [0.1, 0.15) is 5.82 Å². The molecule has 0 unspecified atom stereocenters. The molecule has 0 saturated heterocycles. The summed E-state index contributed by atoms with van der Waals surface area (Å²) in [5.74, 6) is -0.610. The maximum atomic E-state index is 14.4. The van der Waals surface area contributed by atoms with Gasteiger partial charge >= 0.3 is 0 Å². The topological polar surface area (TPSA) is 89.0 Å². The van der Waals surface area contributed by atoms with E-state index < -0.39 is 20.7 Å². The van der Waals surface area contributed by atoms with Crippen molar-refractivity contribution in [2.75, 3.05) is 11.6 Å². The molecule has 1 heterocycles. The van der Waals surface area contributed by atoms with Gasteiger partial charge < -0.3 is 5.32 Å². The van der Waals surface area contributed by atoms with Gasteiger partial charge in [0.25, 0.3) is 0 Å². The first-order valence-corrected chi connectivity index (χ1v) is 12.7. The Morgan fingerprint density at radius 3 is 2.52 bits per heavy atom. The summed E-state index contributed by atoms with van der Waals surface area (Å²) in [5, 5.41) is 11.6. The number of sulfone groups is 1. The van der Waals surface area contributed by atoms with Gasteiger partial charge in [-0.05, 0) is 60.1 Å². The van der Waals surface area contributed by atoms with Crippen LogP contribution in [0.3, 0.4) is 0 Å². The molecule has 33 heavy (non-hydrogen) atoms. The van der Waals surface area contributed by atoms with Crippen LogP contribution in [0.2, 0.25) is 0 Å². The molecular formula is C25H24FN3O3S. The number of aromatic nitrogens is 2. The number of hydrogen-bond acceptors (Lipinski definition) is 5. The van der Waals surface area contributed by atoms with E-state index >= 15 is 0 Å². The number of hydrogen-bond donors (Lipinski definition) is 1. The molecule has 2 aliphatic rings. The van der Waals surface area contributed by atoms with E-state index in [4.69, 9.17) is 0 Å². The largest absolute Gasteiger partial charge is 0.324 e. The normalized spacial score (nSPS) is 22.7. The molecule has 2 aliphatic carbocycles. The van der Waals surface area contributed by atoms with E-state index in [1.807, 2.05) is 19.9 Å². The fourth-order valence-corrected chi connectivity index (χ4v) is 6.59. The number of nitrogens with zero attached hydrogens (tertiary/aromatic N) is 2.